The minimum atomic E-state index is -0.875. The van der Waals surface area contributed by atoms with Crippen molar-refractivity contribution in [3.63, 3.8) is 0 Å². The topological polar surface area (TPSA) is 37.3 Å². The molecule has 0 aliphatic heterocycles. The number of hydrogen-bond donors (Lipinski definition) is 1. The van der Waals surface area contributed by atoms with E-state index in [1.54, 1.807) is 6.07 Å². The molecule has 0 fully saturated rings. The van der Waals surface area contributed by atoms with Crippen molar-refractivity contribution in [1.82, 2.24) is 0 Å². The second-order valence-electron chi connectivity index (χ2n) is 3.10. The summed E-state index contributed by atoms with van der Waals surface area (Å²) in [4.78, 5) is 10.9. The molecule has 2 nitrogen and oxygen atoms in total. The van der Waals surface area contributed by atoms with Gasteiger partial charge in [0.25, 0.3) is 0 Å². The molecule has 0 spiro atoms. The molecule has 0 radical (unpaired) electrons. The average Bonchev–Trinajstić information content (AvgIpc) is 2.18. The van der Waals surface area contributed by atoms with Gasteiger partial charge in [-0.25, -0.2) is 4.79 Å². The Morgan fingerprint density at radius 1 is 1.13 bits per heavy atom. The van der Waals surface area contributed by atoms with Crippen LogP contribution in [0.4, 0.5) is 0 Å². The maximum atomic E-state index is 10.9. The Balaban J connectivity index is 2.82. The predicted octanol–water partition coefficient (Wildman–Crippen LogP) is 3.75. The summed E-state index contributed by atoms with van der Waals surface area (Å²) >= 11 is 4.31. The summed E-state index contributed by atoms with van der Waals surface area (Å²) < 4.78 is 1.91. The van der Waals surface area contributed by atoms with Crippen molar-refractivity contribution in [2.24, 2.45) is 0 Å². The molecule has 0 heterocycles. The summed E-state index contributed by atoms with van der Waals surface area (Å²) in [6, 6.07) is 9.52. The third-order valence-electron chi connectivity index (χ3n) is 2.15. The van der Waals surface area contributed by atoms with Gasteiger partial charge in [0, 0.05) is 7.14 Å². The van der Waals surface area contributed by atoms with Crippen molar-refractivity contribution in [3.05, 3.63) is 43.0 Å². The van der Waals surface area contributed by atoms with Gasteiger partial charge in [-0.15, -0.1) is 0 Å². The van der Waals surface area contributed by atoms with Gasteiger partial charge >= 0.3 is 5.97 Å². The van der Waals surface area contributed by atoms with E-state index in [1.165, 1.54) is 0 Å². The van der Waals surface area contributed by atoms with Crippen LogP contribution >= 0.6 is 45.2 Å². The van der Waals surface area contributed by atoms with Gasteiger partial charge in [-0.3, -0.25) is 0 Å². The Hall–Kier alpha value is -0.370. The fourth-order valence-corrected chi connectivity index (χ4v) is 2.80. The monoisotopic (exact) mass is 424 g/mol. The molecule has 76 valence electrons. The zero-order chi connectivity index (χ0) is 11.0. The minimum Gasteiger partial charge on any atom is -0.478 e. The van der Waals surface area contributed by atoms with E-state index in [9.17, 15) is 4.79 Å². The second kappa shape index (κ2) is 4.25. The van der Waals surface area contributed by atoms with E-state index in [4.69, 9.17) is 5.11 Å². The number of aromatic carboxylic acids is 1. The van der Waals surface area contributed by atoms with Crippen LogP contribution in [0.1, 0.15) is 10.4 Å². The SMILES string of the molecule is O=C(O)c1cc2cccc(I)c2cc1I. The highest BCUT2D eigenvalue weighted by Crippen LogP contribution is 2.25. The van der Waals surface area contributed by atoms with Gasteiger partial charge in [0.15, 0.2) is 0 Å². The molecule has 0 bridgehead atoms. The van der Waals surface area contributed by atoms with Crippen molar-refractivity contribution in [1.29, 1.82) is 0 Å². The fraction of sp³-hybridized carbons (Fsp3) is 0. The first kappa shape index (κ1) is 11.1. The number of carboxylic acids is 1. The van der Waals surface area contributed by atoms with E-state index in [-0.39, 0.29) is 0 Å². The molecule has 1 N–H and O–H groups in total. The number of hydrogen-bond acceptors (Lipinski definition) is 1. The number of benzene rings is 2. The van der Waals surface area contributed by atoms with E-state index in [0.717, 1.165) is 17.9 Å². The summed E-state index contributed by atoms with van der Waals surface area (Å²) in [7, 11) is 0. The minimum absolute atomic E-state index is 0.366. The smallest absolute Gasteiger partial charge is 0.336 e. The molecule has 0 saturated heterocycles. The Morgan fingerprint density at radius 3 is 2.53 bits per heavy atom. The van der Waals surface area contributed by atoms with Gasteiger partial charge in [0.05, 0.1) is 5.56 Å². The summed E-state index contributed by atoms with van der Waals surface area (Å²) in [6.07, 6.45) is 0. The lowest BCUT2D eigenvalue weighted by Crippen LogP contribution is -1.99. The van der Waals surface area contributed by atoms with Crippen molar-refractivity contribution in [2.45, 2.75) is 0 Å². The van der Waals surface area contributed by atoms with Gasteiger partial charge in [-0.05, 0) is 74.2 Å². The van der Waals surface area contributed by atoms with E-state index < -0.39 is 5.97 Å². The molecule has 0 aliphatic rings. The number of rotatable bonds is 1. The van der Waals surface area contributed by atoms with Crippen molar-refractivity contribution < 1.29 is 9.90 Å². The number of fused-ring (bicyclic) bond motifs is 1. The van der Waals surface area contributed by atoms with E-state index >= 15 is 0 Å². The van der Waals surface area contributed by atoms with E-state index in [0.29, 0.717) is 5.56 Å². The van der Waals surface area contributed by atoms with Crippen molar-refractivity contribution >= 4 is 61.9 Å². The largest absolute Gasteiger partial charge is 0.478 e. The van der Waals surface area contributed by atoms with Crippen LogP contribution in [0.25, 0.3) is 10.8 Å². The molecule has 0 atom stereocenters. The van der Waals surface area contributed by atoms with Gasteiger partial charge in [-0.1, -0.05) is 12.1 Å². The summed E-state index contributed by atoms with van der Waals surface area (Å²) in [6.45, 7) is 0. The molecule has 0 aromatic heterocycles. The Labute approximate surface area is 114 Å². The highest BCUT2D eigenvalue weighted by atomic mass is 127. The quantitative estimate of drug-likeness (QED) is 0.709. The van der Waals surface area contributed by atoms with Crippen LogP contribution in [0, 0.1) is 7.14 Å². The Bertz CT molecular complexity index is 550. The molecule has 2 rings (SSSR count). The van der Waals surface area contributed by atoms with Crippen LogP contribution in [0.2, 0.25) is 0 Å². The maximum absolute atomic E-state index is 10.9. The van der Waals surface area contributed by atoms with Crippen LogP contribution in [-0.2, 0) is 0 Å². The predicted molar refractivity (Wildman–Crippen MR) is 76.3 cm³/mol. The molecule has 0 aliphatic carbocycles. The molecule has 2 aromatic rings. The molecular formula is C11H6I2O2. The zero-order valence-electron chi connectivity index (χ0n) is 7.50. The summed E-state index contributed by atoms with van der Waals surface area (Å²) in [5, 5.41) is 11.1. The molecule has 2 aromatic carbocycles. The lowest BCUT2D eigenvalue weighted by atomic mass is 10.1. The van der Waals surface area contributed by atoms with Gasteiger partial charge in [-0.2, -0.15) is 0 Å². The molecule has 0 unspecified atom stereocenters. The molecule has 4 heteroatoms. The summed E-state index contributed by atoms with van der Waals surface area (Å²) in [5.41, 5.74) is 0.366. The first-order chi connectivity index (χ1) is 7.09. The van der Waals surface area contributed by atoms with Crippen LogP contribution in [-0.4, -0.2) is 11.1 Å². The van der Waals surface area contributed by atoms with Crippen LogP contribution in [0.15, 0.2) is 30.3 Å². The van der Waals surface area contributed by atoms with Gasteiger partial charge in [0.2, 0.25) is 0 Å². The normalized spacial score (nSPS) is 10.5. The fourth-order valence-electron chi connectivity index (χ4n) is 1.42. The number of carbonyl (C=O) groups is 1. The van der Waals surface area contributed by atoms with E-state index in [2.05, 4.69) is 45.2 Å². The third-order valence-corrected chi connectivity index (χ3v) is 3.98. The molecule has 0 amide bonds. The van der Waals surface area contributed by atoms with Crippen LogP contribution in [0.5, 0.6) is 0 Å². The van der Waals surface area contributed by atoms with Crippen molar-refractivity contribution in [3.8, 4) is 0 Å². The summed E-state index contributed by atoms with van der Waals surface area (Å²) in [5.74, 6) is -0.875. The second-order valence-corrected chi connectivity index (χ2v) is 5.42. The first-order valence-corrected chi connectivity index (χ1v) is 6.36. The van der Waals surface area contributed by atoms with Crippen molar-refractivity contribution in [2.75, 3.05) is 0 Å². The first-order valence-electron chi connectivity index (χ1n) is 4.20. The molecular weight excluding hydrogens is 418 g/mol. The average molecular weight is 424 g/mol. The number of halogens is 2. The Kier molecular flexibility index (Phi) is 3.15. The third kappa shape index (κ3) is 2.10. The molecule has 0 saturated carbocycles. The highest BCUT2D eigenvalue weighted by molar-refractivity contribution is 14.1. The Morgan fingerprint density at radius 2 is 1.87 bits per heavy atom. The standard InChI is InChI=1S/C11H6I2O2/c12-9-3-1-2-6-4-8(11(14)15)10(13)5-7(6)9/h1-5H,(H,14,15). The highest BCUT2D eigenvalue weighted by Gasteiger charge is 2.10. The molecule has 15 heavy (non-hydrogen) atoms. The zero-order valence-corrected chi connectivity index (χ0v) is 11.8. The lowest BCUT2D eigenvalue weighted by Gasteiger charge is -2.04. The van der Waals surface area contributed by atoms with Gasteiger partial charge in [0.1, 0.15) is 0 Å². The van der Waals surface area contributed by atoms with Crippen LogP contribution < -0.4 is 0 Å². The van der Waals surface area contributed by atoms with Gasteiger partial charge < -0.3 is 5.11 Å². The number of carboxylic acid groups (broad SMARTS) is 1. The van der Waals surface area contributed by atoms with E-state index in [1.807, 2.05) is 24.3 Å². The van der Waals surface area contributed by atoms with Crippen LogP contribution in [0.3, 0.4) is 0 Å². The maximum Gasteiger partial charge on any atom is 0.336 e. The lowest BCUT2D eigenvalue weighted by molar-refractivity contribution is 0.0696.